The smallest absolute Gasteiger partial charge is 0.270 e. The fourth-order valence-corrected chi connectivity index (χ4v) is 2.53. The number of aliphatic hydroxyl groups excluding tert-OH is 4. The minimum absolute atomic E-state index is 0.0372. The second-order valence-corrected chi connectivity index (χ2v) is 5.80. The van der Waals surface area contributed by atoms with E-state index in [-0.39, 0.29) is 18.6 Å². The summed E-state index contributed by atoms with van der Waals surface area (Å²) in [7, 11) is 0. The van der Waals surface area contributed by atoms with Crippen molar-refractivity contribution >= 4 is 18.1 Å². The van der Waals surface area contributed by atoms with Crippen LogP contribution >= 0.6 is 0 Å². The van der Waals surface area contributed by atoms with Crippen molar-refractivity contribution in [2.75, 3.05) is 0 Å². The van der Waals surface area contributed by atoms with Gasteiger partial charge in [-0.2, -0.15) is 0 Å². The summed E-state index contributed by atoms with van der Waals surface area (Å²) in [5, 5.41) is 37.4. The highest BCUT2D eigenvalue weighted by Gasteiger charge is 2.34. The van der Waals surface area contributed by atoms with Gasteiger partial charge >= 0.3 is 0 Å². The average molecular weight is 332 g/mol. The summed E-state index contributed by atoms with van der Waals surface area (Å²) in [6.45, 7) is 0. The molecule has 0 bridgehead atoms. The monoisotopic (exact) mass is 332 g/mol. The molecule has 9 nitrogen and oxygen atoms in total. The van der Waals surface area contributed by atoms with E-state index in [1.165, 1.54) is 0 Å². The zero-order valence-electron chi connectivity index (χ0n) is 12.7. The maximum atomic E-state index is 11.7. The van der Waals surface area contributed by atoms with Gasteiger partial charge in [-0.3, -0.25) is 20.4 Å². The molecule has 0 spiro atoms. The van der Waals surface area contributed by atoms with E-state index in [9.17, 15) is 29.7 Å². The van der Waals surface area contributed by atoms with Crippen molar-refractivity contribution in [2.24, 2.45) is 5.92 Å². The van der Waals surface area contributed by atoms with Gasteiger partial charge in [-0.25, -0.2) is 0 Å². The second kappa shape index (κ2) is 9.56. The minimum atomic E-state index is -2.12. The molecule has 6 N–H and O–H groups in total. The minimum Gasteiger partial charge on any atom is -0.387 e. The van der Waals surface area contributed by atoms with Gasteiger partial charge < -0.3 is 25.2 Å². The summed E-state index contributed by atoms with van der Waals surface area (Å²) >= 11 is 0. The molecule has 23 heavy (non-hydrogen) atoms. The van der Waals surface area contributed by atoms with Crippen LogP contribution in [0.15, 0.2) is 0 Å². The number of carbonyl (C=O) groups is 3. The lowest BCUT2D eigenvalue weighted by Crippen LogP contribution is -2.54. The molecule has 0 saturated heterocycles. The summed E-state index contributed by atoms with van der Waals surface area (Å²) in [4.78, 5) is 33.6. The Labute approximate surface area is 133 Å². The van der Waals surface area contributed by atoms with Crippen molar-refractivity contribution in [3.8, 4) is 0 Å². The number of aldehydes is 1. The number of amides is 2. The van der Waals surface area contributed by atoms with Gasteiger partial charge in [0, 0.05) is 6.42 Å². The maximum absolute atomic E-state index is 11.7. The Morgan fingerprint density at radius 1 is 1.00 bits per heavy atom. The van der Waals surface area contributed by atoms with Crippen molar-refractivity contribution in [2.45, 2.75) is 62.9 Å². The van der Waals surface area contributed by atoms with Crippen LogP contribution < -0.4 is 10.9 Å². The molecule has 0 radical (unpaired) electrons. The summed E-state index contributed by atoms with van der Waals surface area (Å²) in [5.74, 6) is -1.31. The first-order chi connectivity index (χ1) is 10.9. The fraction of sp³-hybridized carbons (Fsp3) is 0.786. The van der Waals surface area contributed by atoms with Gasteiger partial charge in [0.15, 0.2) is 12.4 Å². The van der Waals surface area contributed by atoms with Crippen LogP contribution in [0, 0.1) is 5.92 Å². The van der Waals surface area contributed by atoms with E-state index in [0.717, 1.165) is 32.1 Å². The molecular formula is C14H24N2O7. The highest BCUT2D eigenvalue weighted by molar-refractivity contribution is 5.85. The molecule has 1 saturated carbocycles. The van der Waals surface area contributed by atoms with E-state index in [1.54, 1.807) is 0 Å². The van der Waals surface area contributed by atoms with Gasteiger partial charge in [-0.15, -0.1) is 0 Å². The number of aliphatic hydroxyl groups is 4. The summed E-state index contributed by atoms with van der Waals surface area (Å²) < 4.78 is 0. The van der Waals surface area contributed by atoms with Crippen LogP contribution in [0.1, 0.15) is 38.5 Å². The largest absolute Gasteiger partial charge is 0.387 e. The average Bonchev–Trinajstić information content (AvgIpc) is 2.57. The normalized spacial score (nSPS) is 20.9. The number of rotatable bonds is 7. The van der Waals surface area contributed by atoms with Gasteiger partial charge in [-0.05, 0) is 18.8 Å². The molecule has 0 aromatic rings. The Morgan fingerprint density at radius 2 is 1.61 bits per heavy atom. The molecule has 2 amide bonds. The van der Waals surface area contributed by atoms with Gasteiger partial charge in [-0.1, -0.05) is 19.3 Å². The molecule has 9 heteroatoms. The third kappa shape index (κ3) is 6.22. The van der Waals surface area contributed by atoms with Crippen molar-refractivity contribution in [3.63, 3.8) is 0 Å². The predicted molar refractivity (Wildman–Crippen MR) is 77.6 cm³/mol. The first kappa shape index (κ1) is 19.5. The lowest BCUT2D eigenvalue weighted by Gasteiger charge is -2.24. The molecule has 0 aromatic carbocycles. The molecule has 1 aliphatic carbocycles. The van der Waals surface area contributed by atoms with Crippen LogP contribution in [0.5, 0.6) is 0 Å². The van der Waals surface area contributed by atoms with E-state index >= 15 is 0 Å². The van der Waals surface area contributed by atoms with Gasteiger partial charge in [0.1, 0.15) is 18.3 Å². The third-order valence-electron chi connectivity index (χ3n) is 3.96. The molecule has 132 valence electrons. The molecule has 0 unspecified atom stereocenters. The molecule has 0 heterocycles. The van der Waals surface area contributed by atoms with E-state index in [4.69, 9.17) is 5.11 Å². The number of hydrogen-bond acceptors (Lipinski definition) is 7. The Bertz CT molecular complexity index is 412. The lowest BCUT2D eigenvalue weighted by atomic mass is 9.87. The highest BCUT2D eigenvalue weighted by Crippen LogP contribution is 2.25. The van der Waals surface area contributed by atoms with Crippen molar-refractivity contribution in [3.05, 3.63) is 0 Å². The van der Waals surface area contributed by atoms with Crippen molar-refractivity contribution in [1.29, 1.82) is 0 Å². The van der Waals surface area contributed by atoms with Crippen molar-refractivity contribution < 1.29 is 34.8 Å². The molecule has 4 atom stereocenters. The maximum Gasteiger partial charge on any atom is 0.270 e. The quantitative estimate of drug-likeness (QED) is 0.227. The van der Waals surface area contributed by atoms with Crippen LogP contribution in [0.25, 0.3) is 0 Å². The summed E-state index contributed by atoms with van der Waals surface area (Å²) in [6, 6.07) is 0. The van der Waals surface area contributed by atoms with Crippen LogP contribution in [-0.2, 0) is 14.4 Å². The molecule has 0 aromatic heterocycles. The molecule has 1 aliphatic rings. The Morgan fingerprint density at radius 3 is 2.17 bits per heavy atom. The zero-order valence-corrected chi connectivity index (χ0v) is 12.7. The van der Waals surface area contributed by atoms with Crippen LogP contribution in [0.3, 0.4) is 0 Å². The highest BCUT2D eigenvalue weighted by atomic mass is 16.4. The molecule has 1 fully saturated rings. The lowest BCUT2D eigenvalue weighted by molar-refractivity contribution is -0.151. The van der Waals surface area contributed by atoms with Crippen LogP contribution in [0.4, 0.5) is 0 Å². The van der Waals surface area contributed by atoms with E-state index < -0.39 is 36.2 Å². The van der Waals surface area contributed by atoms with Gasteiger partial charge in [0.25, 0.3) is 5.91 Å². The Balaban J connectivity index is 2.36. The van der Waals surface area contributed by atoms with E-state index in [2.05, 4.69) is 5.43 Å². The summed E-state index contributed by atoms with van der Waals surface area (Å²) in [6.07, 6.45) is -2.71. The SMILES string of the molecule is O=C[C@H](O)[C@@H](O)[C@H](O)[C@H](O)C(=O)NNC(=O)CC1CCCCC1. The predicted octanol–water partition coefficient (Wildman–Crippen LogP) is -2.25. The van der Waals surface area contributed by atoms with Crippen molar-refractivity contribution in [1.82, 2.24) is 10.9 Å². The van der Waals surface area contributed by atoms with Gasteiger partial charge in [0.2, 0.25) is 5.91 Å². The number of hydrazine groups is 1. The number of hydrogen-bond donors (Lipinski definition) is 6. The van der Waals surface area contributed by atoms with E-state index in [1.807, 2.05) is 5.43 Å². The summed E-state index contributed by atoms with van der Waals surface area (Å²) in [5.41, 5.74) is 4.06. The number of nitrogens with one attached hydrogen (secondary N) is 2. The van der Waals surface area contributed by atoms with Crippen LogP contribution in [0.2, 0.25) is 0 Å². The van der Waals surface area contributed by atoms with Crippen LogP contribution in [-0.4, -0.2) is 62.9 Å². The fourth-order valence-electron chi connectivity index (χ4n) is 2.53. The molecule has 1 rings (SSSR count). The Kier molecular flexibility index (Phi) is 8.10. The van der Waals surface area contributed by atoms with Gasteiger partial charge in [0.05, 0.1) is 0 Å². The standard InChI is InChI=1S/C14H24N2O7/c17-7-9(18)11(20)12(21)13(22)14(23)16-15-10(19)6-8-4-2-1-3-5-8/h7-9,11-13,18,20-22H,1-6H2,(H,15,19)(H,16,23)/t9-,11+,12-,13-/m0/s1. The molecule has 0 aliphatic heterocycles. The third-order valence-corrected chi connectivity index (χ3v) is 3.96. The second-order valence-electron chi connectivity index (χ2n) is 5.80. The first-order valence-corrected chi connectivity index (χ1v) is 7.63. The topological polar surface area (TPSA) is 156 Å². The zero-order chi connectivity index (χ0) is 17.4. The number of carbonyl (C=O) groups excluding carboxylic acids is 3. The van der Waals surface area contributed by atoms with E-state index in [0.29, 0.717) is 0 Å². The molecular weight excluding hydrogens is 308 g/mol. The first-order valence-electron chi connectivity index (χ1n) is 7.63. The Hall–Kier alpha value is -1.55.